The van der Waals surface area contributed by atoms with Crippen molar-refractivity contribution in [2.75, 3.05) is 0 Å². The topological polar surface area (TPSA) is 55.1 Å². The van der Waals surface area contributed by atoms with E-state index in [9.17, 15) is 9.18 Å². The van der Waals surface area contributed by atoms with Gasteiger partial charge in [-0.1, -0.05) is 31.9 Å². The number of hydrogen-bond donors (Lipinski definition) is 1. The Kier molecular flexibility index (Phi) is 5.28. The lowest BCUT2D eigenvalue weighted by Crippen LogP contribution is -2.38. The molecule has 1 saturated carbocycles. The van der Waals surface area contributed by atoms with Crippen LogP contribution in [0.3, 0.4) is 0 Å². The largest absolute Gasteiger partial charge is 0.441 e. The fraction of sp³-hybridized carbons (Fsp3) is 0.474. The van der Waals surface area contributed by atoms with Crippen molar-refractivity contribution < 1.29 is 13.6 Å². The van der Waals surface area contributed by atoms with E-state index in [0.29, 0.717) is 42.0 Å². The molecule has 1 aliphatic carbocycles. The smallest absolute Gasteiger partial charge is 0.220 e. The normalized spacial score (nSPS) is 20.8. The minimum atomic E-state index is -0.343. The molecule has 0 bridgehead atoms. The molecule has 2 unspecified atom stereocenters. The Bertz CT molecular complexity index is 698. The number of aryl methyl sites for hydroxylation is 1. The van der Waals surface area contributed by atoms with Gasteiger partial charge in [-0.25, -0.2) is 9.37 Å². The van der Waals surface area contributed by atoms with Gasteiger partial charge in [0.15, 0.2) is 11.7 Å². The van der Waals surface area contributed by atoms with Crippen molar-refractivity contribution in [2.24, 2.45) is 5.92 Å². The Morgan fingerprint density at radius 2 is 2.21 bits per heavy atom. The second-order valence-corrected chi connectivity index (χ2v) is 6.63. The van der Waals surface area contributed by atoms with E-state index in [0.717, 1.165) is 12.8 Å². The second kappa shape index (κ2) is 7.60. The van der Waals surface area contributed by atoms with Crippen LogP contribution in [0.1, 0.15) is 44.9 Å². The molecule has 1 aromatic heterocycles. The van der Waals surface area contributed by atoms with Crippen LogP contribution in [0.2, 0.25) is 0 Å². The summed E-state index contributed by atoms with van der Waals surface area (Å²) in [6, 6.07) is 6.71. The predicted octanol–water partition coefficient (Wildman–Crippen LogP) is 4.11. The van der Waals surface area contributed by atoms with Gasteiger partial charge in [-0.3, -0.25) is 4.79 Å². The average Bonchev–Trinajstić information content (AvgIpc) is 3.02. The average molecular weight is 330 g/mol. The fourth-order valence-electron chi connectivity index (χ4n) is 3.30. The summed E-state index contributed by atoms with van der Waals surface area (Å²) >= 11 is 0. The first-order valence-corrected chi connectivity index (χ1v) is 8.61. The van der Waals surface area contributed by atoms with E-state index in [1.807, 2.05) is 0 Å². The highest BCUT2D eigenvalue weighted by Gasteiger charge is 2.20. The molecule has 0 radical (unpaired) electrons. The zero-order valence-electron chi connectivity index (χ0n) is 13.9. The lowest BCUT2D eigenvalue weighted by Gasteiger charge is -2.27. The maximum atomic E-state index is 13.7. The van der Waals surface area contributed by atoms with Crippen molar-refractivity contribution in [3.05, 3.63) is 42.2 Å². The number of aromatic nitrogens is 1. The molecule has 1 heterocycles. The Balaban J connectivity index is 1.52. The van der Waals surface area contributed by atoms with Crippen molar-refractivity contribution in [2.45, 2.75) is 51.5 Å². The summed E-state index contributed by atoms with van der Waals surface area (Å²) in [6.45, 7) is 2.23. The van der Waals surface area contributed by atoms with Crippen LogP contribution in [-0.4, -0.2) is 16.9 Å². The molecule has 128 valence electrons. The molecule has 0 saturated heterocycles. The van der Waals surface area contributed by atoms with Crippen molar-refractivity contribution in [3.63, 3.8) is 0 Å². The maximum Gasteiger partial charge on any atom is 0.220 e. The molecule has 3 rings (SSSR count). The van der Waals surface area contributed by atoms with Crippen LogP contribution >= 0.6 is 0 Å². The van der Waals surface area contributed by atoms with E-state index < -0.39 is 0 Å². The highest BCUT2D eigenvalue weighted by Crippen LogP contribution is 2.24. The number of rotatable bonds is 5. The minimum Gasteiger partial charge on any atom is -0.441 e. The van der Waals surface area contributed by atoms with E-state index in [-0.39, 0.29) is 11.7 Å². The third-order valence-corrected chi connectivity index (χ3v) is 4.56. The summed E-state index contributed by atoms with van der Waals surface area (Å²) in [4.78, 5) is 16.2. The quantitative estimate of drug-likeness (QED) is 0.897. The molecule has 2 aromatic rings. The Morgan fingerprint density at radius 1 is 1.38 bits per heavy atom. The minimum absolute atomic E-state index is 0.0275. The molecular weight excluding hydrogens is 307 g/mol. The summed E-state index contributed by atoms with van der Waals surface area (Å²) in [7, 11) is 0. The van der Waals surface area contributed by atoms with Crippen LogP contribution in [0, 0.1) is 11.7 Å². The maximum absolute atomic E-state index is 13.7. The van der Waals surface area contributed by atoms with Crippen molar-refractivity contribution in [1.29, 1.82) is 0 Å². The standard InChI is InChI=1S/C19H23FN2O2/c1-13-5-4-6-14(11-13)22-18(23)9-10-19-21-12-17(24-19)15-7-2-3-8-16(15)20/h2-3,7-8,12-14H,4-6,9-11H2,1H3,(H,22,23). The number of hydrogen-bond acceptors (Lipinski definition) is 3. The molecule has 1 N–H and O–H groups in total. The summed E-state index contributed by atoms with van der Waals surface area (Å²) in [5, 5.41) is 3.10. The molecule has 1 aliphatic rings. The van der Waals surface area contributed by atoms with Crippen LogP contribution in [0.5, 0.6) is 0 Å². The van der Waals surface area contributed by atoms with Crippen molar-refractivity contribution >= 4 is 5.91 Å². The Hall–Kier alpha value is -2.17. The number of halogens is 1. The van der Waals surface area contributed by atoms with Gasteiger partial charge in [0.2, 0.25) is 5.91 Å². The number of oxazole rings is 1. The van der Waals surface area contributed by atoms with Gasteiger partial charge >= 0.3 is 0 Å². The van der Waals surface area contributed by atoms with E-state index >= 15 is 0 Å². The van der Waals surface area contributed by atoms with Gasteiger partial charge in [0, 0.05) is 18.9 Å². The van der Waals surface area contributed by atoms with E-state index in [1.165, 1.54) is 25.1 Å². The number of benzene rings is 1. The summed E-state index contributed by atoms with van der Waals surface area (Å²) < 4.78 is 19.3. The molecule has 4 nitrogen and oxygen atoms in total. The first-order chi connectivity index (χ1) is 11.6. The number of amides is 1. The lowest BCUT2D eigenvalue weighted by atomic mass is 9.87. The molecule has 1 aromatic carbocycles. The number of nitrogens with one attached hydrogen (secondary N) is 1. The van der Waals surface area contributed by atoms with Crippen LogP contribution in [0.25, 0.3) is 11.3 Å². The highest BCUT2D eigenvalue weighted by molar-refractivity contribution is 5.76. The SMILES string of the molecule is CC1CCCC(NC(=O)CCc2ncc(-c3ccccc3F)o2)C1. The van der Waals surface area contributed by atoms with Crippen molar-refractivity contribution in [1.82, 2.24) is 10.3 Å². The zero-order chi connectivity index (χ0) is 16.9. The highest BCUT2D eigenvalue weighted by atomic mass is 19.1. The van der Waals surface area contributed by atoms with Gasteiger partial charge in [-0.05, 0) is 30.9 Å². The molecule has 0 aliphatic heterocycles. The van der Waals surface area contributed by atoms with Gasteiger partial charge in [0.05, 0.1) is 11.8 Å². The van der Waals surface area contributed by atoms with E-state index in [1.54, 1.807) is 18.2 Å². The third-order valence-electron chi connectivity index (χ3n) is 4.56. The van der Waals surface area contributed by atoms with Gasteiger partial charge in [0.25, 0.3) is 0 Å². The number of carbonyl (C=O) groups is 1. The van der Waals surface area contributed by atoms with Gasteiger partial charge in [-0.15, -0.1) is 0 Å². The molecular formula is C19H23FN2O2. The number of nitrogens with zero attached hydrogens (tertiary/aromatic N) is 1. The molecule has 0 spiro atoms. The second-order valence-electron chi connectivity index (χ2n) is 6.63. The van der Waals surface area contributed by atoms with Crippen LogP contribution < -0.4 is 5.32 Å². The molecule has 1 amide bonds. The van der Waals surface area contributed by atoms with Crippen LogP contribution in [0.15, 0.2) is 34.9 Å². The first-order valence-electron chi connectivity index (χ1n) is 8.61. The van der Waals surface area contributed by atoms with Crippen LogP contribution in [0.4, 0.5) is 4.39 Å². The molecule has 5 heteroatoms. The lowest BCUT2D eigenvalue weighted by molar-refractivity contribution is -0.122. The van der Waals surface area contributed by atoms with Crippen LogP contribution in [-0.2, 0) is 11.2 Å². The Labute approximate surface area is 141 Å². The predicted molar refractivity (Wildman–Crippen MR) is 89.8 cm³/mol. The molecule has 24 heavy (non-hydrogen) atoms. The summed E-state index contributed by atoms with van der Waals surface area (Å²) in [6.07, 6.45) is 6.81. The van der Waals surface area contributed by atoms with E-state index in [4.69, 9.17) is 4.42 Å². The van der Waals surface area contributed by atoms with E-state index in [2.05, 4.69) is 17.2 Å². The first kappa shape index (κ1) is 16.7. The van der Waals surface area contributed by atoms with Gasteiger partial charge in [0.1, 0.15) is 5.82 Å². The van der Waals surface area contributed by atoms with Gasteiger partial charge in [-0.2, -0.15) is 0 Å². The summed E-state index contributed by atoms with van der Waals surface area (Å²) in [5.74, 6) is 1.22. The number of carbonyl (C=O) groups excluding carboxylic acids is 1. The molecule has 1 fully saturated rings. The van der Waals surface area contributed by atoms with Gasteiger partial charge < -0.3 is 9.73 Å². The molecule has 2 atom stereocenters. The van der Waals surface area contributed by atoms with Crippen molar-refractivity contribution in [3.8, 4) is 11.3 Å². The third kappa shape index (κ3) is 4.22. The summed E-state index contributed by atoms with van der Waals surface area (Å²) in [5.41, 5.74) is 0.386. The fourth-order valence-corrected chi connectivity index (χ4v) is 3.30. The monoisotopic (exact) mass is 330 g/mol. The zero-order valence-corrected chi connectivity index (χ0v) is 13.9. The Morgan fingerprint density at radius 3 is 3.00 bits per heavy atom.